The van der Waals surface area contributed by atoms with Crippen LogP contribution in [0.3, 0.4) is 0 Å². The topological polar surface area (TPSA) is 46.3 Å². The van der Waals surface area contributed by atoms with E-state index in [0.717, 1.165) is 17.1 Å². The van der Waals surface area contributed by atoms with E-state index in [1.54, 1.807) is 4.52 Å². The summed E-state index contributed by atoms with van der Waals surface area (Å²) >= 11 is 6.16. The summed E-state index contributed by atoms with van der Waals surface area (Å²) in [6.07, 6.45) is 1.47. The number of benzene rings is 1. The van der Waals surface area contributed by atoms with Crippen molar-refractivity contribution < 1.29 is 0 Å². The maximum Gasteiger partial charge on any atom is 0.255 e. The molecule has 0 saturated heterocycles. The van der Waals surface area contributed by atoms with Crippen molar-refractivity contribution in [1.29, 1.82) is 0 Å². The Morgan fingerprint density at radius 1 is 1.21 bits per heavy atom. The molecule has 0 amide bonds. The van der Waals surface area contributed by atoms with E-state index in [1.165, 1.54) is 6.33 Å². The first-order chi connectivity index (χ1) is 9.18. The number of fused-ring (bicyclic) bond motifs is 1. The van der Waals surface area contributed by atoms with Crippen LogP contribution in [-0.2, 0) is 0 Å². The molecule has 0 saturated carbocycles. The molecule has 2 aromatic heterocycles. The van der Waals surface area contributed by atoms with E-state index < -0.39 is 0 Å². The van der Waals surface area contributed by atoms with Crippen molar-refractivity contribution in [3.05, 3.63) is 47.4 Å². The van der Waals surface area contributed by atoms with Gasteiger partial charge in [0, 0.05) is 18.3 Å². The Bertz CT molecular complexity index is 722. The van der Waals surface area contributed by atoms with Gasteiger partial charge in [0.25, 0.3) is 5.78 Å². The Hall–Kier alpha value is -2.14. The molecule has 0 aliphatic carbocycles. The van der Waals surface area contributed by atoms with Gasteiger partial charge in [-0.25, -0.2) is 0 Å². The Kier molecular flexibility index (Phi) is 2.83. The molecule has 0 atom stereocenters. The number of aromatic nitrogens is 4. The summed E-state index contributed by atoms with van der Waals surface area (Å²) in [5, 5.41) is 4.65. The second-order valence-corrected chi connectivity index (χ2v) is 4.58. The lowest BCUT2D eigenvalue weighted by Crippen LogP contribution is -2.16. The number of hydrogen-bond donors (Lipinski definition) is 0. The van der Waals surface area contributed by atoms with E-state index in [4.69, 9.17) is 11.6 Å². The van der Waals surface area contributed by atoms with E-state index in [0.29, 0.717) is 10.9 Å². The van der Waals surface area contributed by atoms with Gasteiger partial charge in [-0.15, -0.1) is 0 Å². The molecule has 0 unspecified atom stereocenters. The van der Waals surface area contributed by atoms with Crippen molar-refractivity contribution in [2.24, 2.45) is 0 Å². The first-order valence-corrected chi connectivity index (χ1v) is 6.21. The highest BCUT2D eigenvalue weighted by molar-refractivity contribution is 6.30. The summed E-state index contributed by atoms with van der Waals surface area (Å²) in [6.45, 7) is 1.92. The van der Waals surface area contributed by atoms with Crippen molar-refractivity contribution >= 4 is 28.9 Å². The van der Waals surface area contributed by atoms with Crippen LogP contribution in [0.2, 0.25) is 5.15 Å². The van der Waals surface area contributed by atoms with Crippen molar-refractivity contribution in [1.82, 2.24) is 19.6 Å². The maximum absolute atomic E-state index is 6.16. The normalized spacial score (nSPS) is 10.9. The van der Waals surface area contributed by atoms with Crippen LogP contribution in [0.15, 0.2) is 36.7 Å². The zero-order valence-corrected chi connectivity index (χ0v) is 11.3. The summed E-state index contributed by atoms with van der Waals surface area (Å²) in [5.74, 6) is 1.35. The van der Waals surface area contributed by atoms with Gasteiger partial charge >= 0.3 is 0 Å². The Morgan fingerprint density at radius 3 is 2.68 bits per heavy atom. The first kappa shape index (κ1) is 11.9. The fourth-order valence-electron chi connectivity index (χ4n) is 2.05. The SMILES string of the molecule is Cc1c(Cl)nc2ncnn2c1N(C)c1ccccc1. The Balaban J connectivity index is 2.24. The fraction of sp³-hybridized carbons (Fsp3) is 0.154. The van der Waals surface area contributed by atoms with Gasteiger partial charge in [0.2, 0.25) is 0 Å². The second-order valence-electron chi connectivity index (χ2n) is 4.22. The Morgan fingerprint density at radius 2 is 1.95 bits per heavy atom. The summed E-state index contributed by atoms with van der Waals surface area (Å²) in [7, 11) is 1.97. The van der Waals surface area contributed by atoms with Crippen LogP contribution in [0.5, 0.6) is 0 Å². The predicted molar refractivity (Wildman–Crippen MR) is 75.0 cm³/mol. The minimum Gasteiger partial charge on any atom is -0.329 e. The average Bonchev–Trinajstić information content (AvgIpc) is 2.88. The van der Waals surface area contributed by atoms with Gasteiger partial charge in [-0.05, 0) is 19.1 Å². The van der Waals surface area contributed by atoms with Crippen molar-refractivity contribution in [2.75, 3.05) is 11.9 Å². The number of hydrogen-bond acceptors (Lipinski definition) is 4. The van der Waals surface area contributed by atoms with Gasteiger partial charge in [0.1, 0.15) is 17.3 Å². The molecule has 19 heavy (non-hydrogen) atoms. The van der Waals surface area contributed by atoms with Crippen LogP contribution < -0.4 is 4.90 Å². The van der Waals surface area contributed by atoms with Crippen molar-refractivity contribution in [2.45, 2.75) is 6.92 Å². The van der Waals surface area contributed by atoms with E-state index in [9.17, 15) is 0 Å². The van der Waals surface area contributed by atoms with Crippen LogP contribution in [0.25, 0.3) is 5.78 Å². The first-order valence-electron chi connectivity index (χ1n) is 5.83. The monoisotopic (exact) mass is 273 g/mol. The smallest absolute Gasteiger partial charge is 0.255 e. The highest BCUT2D eigenvalue weighted by Gasteiger charge is 2.16. The van der Waals surface area contributed by atoms with Gasteiger partial charge in [-0.1, -0.05) is 29.8 Å². The standard InChI is InChI=1S/C13H12ClN5/c1-9-11(14)17-13-15-8-16-19(13)12(9)18(2)10-6-4-3-5-7-10/h3-8H,1-2H3. The third-order valence-corrected chi connectivity index (χ3v) is 3.40. The van der Waals surface area contributed by atoms with Gasteiger partial charge in [0.15, 0.2) is 0 Å². The molecular formula is C13H12ClN5. The molecule has 0 fully saturated rings. The molecule has 0 spiro atoms. The highest BCUT2D eigenvalue weighted by Crippen LogP contribution is 2.29. The van der Waals surface area contributed by atoms with Gasteiger partial charge < -0.3 is 4.90 Å². The van der Waals surface area contributed by atoms with Crippen LogP contribution in [0.4, 0.5) is 11.5 Å². The lowest BCUT2D eigenvalue weighted by atomic mass is 10.2. The number of halogens is 1. The minimum absolute atomic E-state index is 0.443. The summed E-state index contributed by atoms with van der Waals surface area (Å²) in [6, 6.07) is 10.0. The maximum atomic E-state index is 6.16. The molecular weight excluding hydrogens is 262 g/mol. The fourth-order valence-corrected chi connectivity index (χ4v) is 2.21. The molecule has 0 aliphatic heterocycles. The van der Waals surface area contributed by atoms with Crippen LogP contribution in [0, 0.1) is 6.92 Å². The van der Waals surface area contributed by atoms with Crippen LogP contribution in [-0.4, -0.2) is 26.6 Å². The van der Waals surface area contributed by atoms with E-state index >= 15 is 0 Å². The number of para-hydroxylation sites is 1. The largest absolute Gasteiger partial charge is 0.329 e. The molecule has 2 heterocycles. The molecule has 0 radical (unpaired) electrons. The molecule has 0 N–H and O–H groups in total. The minimum atomic E-state index is 0.443. The quantitative estimate of drug-likeness (QED) is 0.674. The highest BCUT2D eigenvalue weighted by atomic mass is 35.5. The average molecular weight is 274 g/mol. The number of rotatable bonds is 2. The van der Waals surface area contributed by atoms with E-state index in [-0.39, 0.29) is 0 Å². The van der Waals surface area contributed by atoms with Gasteiger partial charge in [-0.2, -0.15) is 19.6 Å². The molecule has 0 aliphatic rings. The summed E-state index contributed by atoms with van der Waals surface area (Å²) in [4.78, 5) is 10.3. The number of anilines is 2. The third-order valence-electron chi connectivity index (χ3n) is 3.03. The predicted octanol–water partition coefficient (Wildman–Crippen LogP) is 2.85. The molecule has 3 aromatic rings. The summed E-state index contributed by atoms with van der Waals surface area (Å²) < 4.78 is 1.69. The van der Waals surface area contributed by atoms with Crippen LogP contribution in [0.1, 0.15) is 5.56 Å². The van der Waals surface area contributed by atoms with Crippen LogP contribution >= 0.6 is 11.6 Å². The molecule has 0 bridgehead atoms. The molecule has 6 heteroatoms. The zero-order valence-electron chi connectivity index (χ0n) is 10.6. The zero-order chi connectivity index (χ0) is 13.4. The van der Waals surface area contributed by atoms with Crippen molar-refractivity contribution in [3.8, 4) is 0 Å². The third kappa shape index (κ3) is 1.92. The summed E-state index contributed by atoms with van der Waals surface area (Å²) in [5.41, 5.74) is 1.91. The molecule has 1 aromatic carbocycles. The van der Waals surface area contributed by atoms with E-state index in [1.807, 2.05) is 49.2 Å². The lowest BCUT2D eigenvalue weighted by molar-refractivity contribution is 0.900. The lowest BCUT2D eigenvalue weighted by Gasteiger charge is -2.22. The van der Waals surface area contributed by atoms with Gasteiger partial charge in [-0.3, -0.25) is 0 Å². The van der Waals surface area contributed by atoms with Crippen molar-refractivity contribution in [3.63, 3.8) is 0 Å². The molecule has 5 nitrogen and oxygen atoms in total. The second kappa shape index (κ2) is 4.51. The molecule has 96 valence electrons. The molecule has 3 rings (SSSR count). The van der Waals surface area contributed by atoms with E-state index in [2.05, 4.69) is 15.1 Å². The van der Waals surface area contributed by atoms with Gasteiger partial charge in [0.05, 0.1) is 0 Å². The number of nitrogens with zero attached hydrogens (tertiary/aromatic N) is 5. The Labute approximate surface area is 115 Å².